The summed E-state index contributed by atoms with van der Waals surface area (Å²) >= 11 is 0. The Bertz CT molecular complexity index is 262. The minimum atomic E-state index is -0.101. The van der Waals surface area contributed by atoms with Crippen LogP contribution >= 0.6 is 0 Å². The van der Waals surface area contributed by atoms with Gasteiger partial charge in [0.05, 0.1) is 12.6 Å². The van der Waals surface area contributed by atoms with Gasteiger partial charge in [-0.15, -0.1) is 0 Å². The molecular weight excluding hydrogens is 240 g/mol. The third-order valence-corrected chi connectivity index (χ3v) is 3.67. The molecule has 0 saturated heterocycles. The van der Waals surface area contributed by atoms with E-state index in [1.54, 1.807) is 0 Å². The normalized spacial score (nSPS) is 24.6. The number of nitrogens with one attached hydrogen (secondary N) is 2. The Morgan fingerprint density at radius 2 is 1.95 bits per heavy atom. The summed E-state index contributed by atoms with van der Waals surface area (Å²) in [7, 11) is 2.11. The van der Waals surface area contributed by atoms with Crippen LogP contribution in [0.2, 0.25) is 0 Å². The molecule has 5 heteroatoms. The van der Waals surface area contributed by atoms with Gasteiger partial charge in [0.25, 0.3) is 0 Å². The first-order valence-electron chi connectivity index (χ1n) is 7.57. The van der Waals surface area contributed by atoms with E-state index in [2.05, 4.69) is 41.4 Å². The van der Waals surface area contributed by atoms with E-state index in [1.165, 1.54) is 0 Å². The molecular formula is C14H30N4O. The standard InChI is InChI=1S/C14H30N4O/c1-4-15-14(16-10-11-18(3)5-2)17-12-6-8-13(19)9-7-12/h12-13,19H,4-11H2,1-3H3,(H2,15,16,17). The number of aliphatic imine (C=N–C) groups is 1. The first-order valence-corrected chi connectivity index (χ1v) is 7.57. The van der Waals surface area contributed by atoms with Gasteiger partial charge < -0.3 is 20.6 Å². The largest absolute Gasteiger partial charge is 0.393 e. The molecule has 0 amide bonds. The van der Waals surface area contributed by atoms with Gasteiger partial charge in [-0.2, -0.15) is 0 Å². The topological polar surface area (TPSA) is 59.9 Å². The van der Waals surface area contributed by atoms with Gasteiger partial charge in [-0.05, 0) is 46.2 Å². The van der Waals surface area contributed by atoms with E-state index in [-0.39, 0.29) is 6.10 Å². The highest BCUT2D eigenvalue weighted by molar-refractivity contribution is 5.80. The molecule has 1 saturated carbocycles. The van der Waals surface area contributed by atoms with Crippen molar-refractivity contribution in [1.82, 2.24) is 15.5 Å². The molecule has 1 fully saturated rings. The van der Waals surface area contributed by atoms with Crippen LogP contribution in [0.25, 0.3) is 0 Å². The predicted molar refractivity (Wildman–Crippen MR) is 80.5 cm³/mol. The van der Waals surface area contributed by atoms with Crippen molar-refractivity contribution < 1.29 is 5.11 Å². The lowest BCUT2D eigenvalue weighted by atomic mass is 9.93. The van der Waals surface area contributed by atoms with Crippen LogP contribution in [-0.4, -0.2) is 61.3 Å². The third kappa shape index (κ3) is 6.78. The number of hydrogen-bond acceptors (Lipinski definition) is 3. The summed E-state index contributed by atoms with van der Waals surface area (Å²) in [6.07, 6.45) is 3.75. The van der Waals surface area contributed by atoms with Gasteiger partial charge in [-0.25, -0.2) is 0 Å². The van der Waals surface area contributed by atoms with Gasteiger partial charge in [-0.3, -0.25) is 4.99 Å². The van der Waals surface area contributed by atoms with Gasteiger partial charge in [0.15, 0.2) is 5.96 Å². The number of aliphatic hydroxyl groups is 1. The zero-order valence-corrected chi connectivity index (χ0v) is 12.7. The number of hydrogen-bond donors (Lipinski definition) is 3. The zero-order valence-electron chi connectivity index (χ0n) is 12.7. The second kappa shape index (κ2) is 9.15. The number of likely N-dealkylation sites (N-methyl/N-ethyl adjacent to an activating group) is 1. The molecule has 0 radical (unpaired) electrons. The third-order valence-electron chi connectivity index (χ3n) is 3.67. The number of guanidine groups is 1. The van der Waals surface area contributed by atoms with Gasteiger partial charge in [-0.1, -0.05) is 6.92 Å². The van der Waals surface area contributed by atoms with Crippen LogP contribution in [0.1, 0.15) is 39.5 Å². The zero-order chi connectivity index (χ0) is 14.1. The van der Waals surface area contributed by atoms with Crippen molar-refractivity contribution in [3.05, 3.63) is 0 Å². The Balaban J connectivity index is 2.36. The van der Waals surface area contributed by atoms with Crippen LogP contribution in [0.5, 0.6) is 0 Å². The van der Waals surface area contributed by atoms with Crippen molar-refractivity contribution in [2.75, 3.05) is 33.2 Å². The minimum Gasteiger partial charge on any atom is -0.393 e. The van der Waals surface area contributed by atoms with Crippen LogP contribution in [0, 0.1) is 0 Å². The lowest BCUT2D eigenvalue weighted by molar-refractivity contribution is 0.120. The summed E-state index contributed by atoms with van der Waals surface area (Å²) in [4.78, 5) is 6.86. The summed E-state index contributed by atoms with van der Waals surface area (Å²) < 4.78 is 0. The summed E-state index contributed by atoms with van der Waals surface area (Å²) in [5, 5.41) is 16.3. The number of rotatable bonds is 6. The van der Waals surface area contributed by atoms with Gasteiger partial charge in [0.2, 0.25) is 0 Å². The maximum atomic E-state index is 9.51. The molecule has 0 aromatic rings. The molecule has 3 N–H and O–H groups in total. The van der Waals surface area contributed by atoms with E-state index in [0.717, 1.165) is 57.8 Å². The van der Waals surface area contributed by atoms with E-state index < -0.39 is 0 Å². The molecule has 0 bridgehead atoms. The fourth-order valence-corrected chi connectivity index (χ4v) is 2.22. The van der Waals surface area contributed by atoms with Crippen molar-refractivity contribution in [2.24, 2.45) is 4.99 Å². The average Bonchev–Trinajstić information content (AvgIpc) is 2.41. The molecule has 1 aliphatic carbocycles. The molecule has 1 aliphatic rings. The maximum absolute atomic E-state index is 9.51. The van der Waals surface area contributed by atoms with Crippen LogP contribution in [0.4, 0.5) is 0 Å². The van der Waals surface area contributed by atoms with Crippen LogP contribution in [0.15, 0.2) is 4.99 Å². The first-order chi connectivity index (χ1) is 9.15. The molecule has 0 spiro atoms. The second-order valence-electron chi connectivity index (χ2n) is 5.31. The molecule has 0 heterocycles. The van der Waals surface area contributed by atoms with Crippen molar-refractivity contribution in [2.45, 2.75) is 51.7 Å². The molecule has 0 atom stereocenters. The average molecular weight is 270 g/mol. The maximum Gasteiger partial charge on any atom is 0.191 e. The highest BCUT2D eigenvalue weighted by Crippen LogP contribution is 2.18. The van der Waals surface area contributed by atoms with E-state index in [0.29, 0.717) is 6.04 Å². The molecule has 5 nitrogen and oxygen atoms in total. The SMILES string of the molecule is CCNC(=NCCN(C)CC)NC1CCC(O)CC1. The second-order valence-corrected chi connectivity index (χ2v) is 5.31. The van der Waals surface area contributed by atoms with Crippen molar-refractivity contribution in [1.29, 1.82) is 0 Å². The van der Waals surface area contributed by atoms with Gasteiger partial charge in [0, 0.05) is 19.1 Å². The first kappa shape index (κ1) is 16.2. The molecule has 0 unspecified atom stereocenters. The van der Waals surface area contributed by atoms with Crippen LogP contribution < -0.4 is 10.6 Å². The molecule has 1 rings (SSSR count). The minimum absolute atomic E-state index is 0.101. The quantitative estimate of drug-likeness (QED) is 0.493. The van der Waals surface area contributed by atoms with Gasteiger partial charge >= 0.3 is 0 Å². The molecule has 0 aromatic heterocycles. The number of aliphatic hydroxyl groups excluding tert-OH is 1. The Hall–Kier alpha value is -0.810. The monoisotopic (exact) mass is 270 g/mol. The summed E-state index contributed by atoms with van der Waals surface area (Å²) in [5.74, 6) is 0.911. The van der Waals surface area contributed by atoms with Crippen LogP contribution in [0.3, 0.4) is 0 Å². The fourth-order valence-electron chi connectivity index (χ4n) is 2.22. The Labute approximate surface area is 117 Å². The summed E-state index contributed by atoms with van der Waals surface area (Å²) in [6.45, 7) is 7.97. The van der Waals surface area contributed by atoms with Crippen molar-refractivity contribution in [3.63, 3.8) is 0 Å². The van der Waals surface area contributed by atoms with Crippen LogP contribution in [-0.2, 0) is 0 Å². The molecule has 0 aliphatic heterocycles. The molecule has 112 valence electrons. The predicted octanol–water partition coefficient (Wildman–Crippen LogP) is 0.797. The Kier molecular flexibility index (Phi) is 7.82. The smallest absolute Gasteiger partial charge is 0.191 e. The Morgan fingerprint density at radius 1 is 1.26 bits per heavy atom. The van der Waals surface area contributed by atoms with Crippen molar-refractivity contribution in [3.8, 4) is 0 Å². The van der Waals surface area contributed by atoms with Crippen molar-refractivity contribution >= 4 is 5.96 Å². The lowest BCUT2D eigenvalue weighted by Crippen LogP contribution is -2.45. The summed E-state index contributed by atoms with van der Waals surface area (Å²) in [6, 6.07) is 0.449. The van der Waals surface area contributed by atoms with E-state index in [1.807, 2.05) is 0 Å². The highest BCUT2D eigenvalue weighted by Gasteiger charge is 2.19. The Morgan fingerprint density at radius 3 is 2.53 bits per heavy atom. The lowest BCUT2D eigenvalue weighted by Gasteiger charge is -2.27. The van der Waals surface area contributed by atoms with Gasteiger partial charge in [0.1, 0.15) is 0 Å². The fraction of sp³-hybridized carbons (Fsp3) is 0.929. The van der Waals surface area contributed by atoms with E-state index in [4.69, 9.17) is 0 Å². The number of nitrogens with zero attached hydrogens (tertiary/aromatic N) is 2. The summed E-state index contributed by atoms with van der Waals surface area (Å²) in [5.41, 5.74) is 0. The van der Waals surface area contributed by atoms with E-state index >= 15 is 0 Å². The molecule has 19 heavy (non-hydrogen) atoms. The van der Waals surface area contributed by atoms with E-state index in [9.17, 15) is 5.11 Å². The molecule has 0 aromatic carbocycles. The highest BCUT2D eigenvalue weighted by atomic mass is 16.3.